The molecule has 3 aliphatic rings. The molecule has 8 nitrogen and oxygen atoms in total. The number of carbonyl (C=O) groups is 3. The van der Waals surface area contributed by atoms with E-state index in [0.717, 1.165) is 5.56 Å². The first-order chi connectivity index (χ1) is 21.1. The minimum absolute atomic E-state index is 0.0225. The fourth-order valence-corrected chi connectivity index (χ4v) is 11.0. The van der Waals surface area contributed by atoms with Crippen molar-refractivity contribution in [1.82, 2.24) is 4.90 Å². The molecule has 3 heterocycles. The number of alkyl halides is 1. The molecule has 44 heavy (non-hydrogen) atoms. The number of aryl methyl sites for hydroxylation is 1. The average Bonchev–Trinajstić information content (AvgIpc) is 3.59. The fourth-order valence-electron chi connectivity index (χ4n) is 7.09. The number of hydrogen-bond donors (Lipinski definition) is 1. The van der Waals surface area contributed by atoms with Gasteiger partial charge in [0.2, 0.25) is 11.8 Å². The molecule has 234 valence electrons. The zero-order valence-electron chi connectivity index (χ0n) is 24.8. The van der Waals surface area contributed by atoms with E-state index in [0.29, 0.717) is 35.2 Å². The number of fused-ring (bicyclic) bond motifs is 1. The zero-order chi connectivity index (χ0) is 31.8. The molecule has 2 aromatic carbocycles. The summed E-state index contributed by atoms with van der Waals surface area (Å²) in [5.41, 5.74) is 2.04. The Balaban J connectivity index is 1.57. The SMILES string of the molecule is C=CCN(C(=O)[C@H]1[C@@H]2SC3(CC2Br)C(C(=O)N(CC=C)c2c(C)cccc2Cl)N(CCO)C(=O)[C@H]13)c1ccc(OCC)cc1. The predicted octanol–water partition coefficient (Wildman–Crippen LogP) is 5.24. The number of aliphatic hydroxyl groups excluding tert-OH is 1. The monoisotopic (exact) mass is 701 g/mol. The van der Waals surface area contributed by atoms with E-state index in [1.165, 1.54) is 4.90 Å². The molecular weight excluding hydrogens is 666 g/mol. The lowest BCUT2D eigenvalue weighted by molar-refractivity contribution is -0.139. The van der Waals surface area contributed by atoms with Gasteiger partial charge in [-0.05, 0) is 56.2 Å². The molecule has 0 aromatic heterocycles. The second-order valence-electron chi connectivity index (χ2n) is 11.2. The summed E-state index contributed by atoms with van der Waals surface area (Å²) in [6.45, 7) is 12.2. The highest BCUT2D eigenvalue weighted by Gasteiger charge is 2.76. The quantitative estimate of drug-likeness (QED) is 0.241. The zero-order valence-corrected chi connectivity index (χ0v) is 28.0. The van der Waals surface area contributed by atoms with E-state index in [-0.39, 0.29) is 54.0 Å². The van der Waals surface area contributed by atoms with Crippen LogP contribution in [-0.4, -0.2) is 81.4 Å². The summed E-state index contributed by atoms with van der Waals surface area (Å²) in [5, 5.41) is 10.2. The normalized spacial score (nSPS) is 26.8. The summed E-state index contributed by atoms with van der Waals surface area (Å²) in [6, 6.07) is 11.8. The van der Waals surface area contributed by atoms with Crippen molar-refractivity contribution in [2.75, 3.05) is 42.6 Å². The third-order valence-corrected chi connectivity index (χ3v) is 12.2. The van der Waals surface area contributed by atoms with Crippen molar-refractivity contribution in [3.8, 4) is 5.75 Å². The van der Waals surface area contributed by atoms with E-state index in [9.17, 15) is 19.5 Å². The minimum Gasteiger partial charge on any atom is -0.494 e. The van der Waals surface area contributed by atoms with E-state index < -0.39 is 22.6 Å². The van der Waals surface area contributed by atoms with Crippen molar-refractivity contribution in [2.45, 2.75) is 41.1 Å². The number of likely N-dealkylation sites (tertiary alicyclic amines) is 1. The van der Waals surface area contributed by atoms with Crippen molar-refractivity contribution in [2.24, 2.45) is 11.8 Å². The van der Waals surface area contributed by atoms with Crippen molar-refractivity contribution in [1.29, 1.82) is 0 Å². The number of halogens is 2. The second kappa shape index (κ2) is 13.3. The van der Waals surface area contributed by atoms with Crippen molar-refractivity contribution < 1.29 is 24.2 Å². The van der Waals surface area contributed by atoms with Gasteiger partial charge < -0.3 is 24.5 Å². The van der Waals surface area contributed by atoms with Gasteiger partial charge in [0.1, 0.15) is 11.8 Å². The summed E-state index contributed by atoms with van der Waals surface area (Å²) in [4.78, 5) is 48.2. The molecule has 5 rings (SSSR count). The number of carbonyl (C=O) groups excluding carboxylic acids is 3. The van der Waals surface area contributed by atoms with Crippen LogP contribution in [0.25, 0.3) is 0 Å². The lowest BCUT2D eigenvalue weighted by Gasteiger charge is -2.38. The predicted molar refractivity (Wildman–Crippen MR) is 180 cm³/mol. The van der Waals surface area contributed by atoms with Gasteiger partial charge in [0.25, 0.3) is 5.91 Å². The first-order valence-corrected chi connectivity index (χ1v) is 16.9. The number of aliphatic hydroxyl groups is 1. The number of amides is 3. The van der Waals surface area contributed by atoms with Crippen LogP contribution in [0.5, 0.6) is 5.75 Å². The third-order valence-electron chi connectivity index (χ3n) is 8.72. The Kier molecular flexibility index (Phi) is 9.84. The van der Waals surface area contributed by atoms with Gasteiger partial charge in [0.05, 0.1) is 40.5 Å². The number of ether oxygens (including phenoxy) is 1. The largest absolute Gasteiger partial charge is 0.494 e. The highest BCUT2D eigenvalue weighted by atomic mass is 79.9. The Morgan fingerprint density at radius 3 is 2.45 bits per heavy atom. The van der Waals surface area contributed by atoms with E-state index in [2.05, 4.69) is 29.1 Å². The summed E-state index contributed by atoms with van der Waals surface area (Å²) in [7, 11) is 0. The summed E-state index contributed by atoms with van der Waals surface area (Å²) in [6.07, 6.45) is 3.82. The number of anilines is 2. The maximum atomic E-state index is 14.7. The van der Waals surface area contributed by atoms with Crippen LogP contribution in [0, 0.1) is 18.8 Å². The number of para-hydroxylation sites is 1. The number of nitrogens with zero attached hydrogens (tertiary/aromatic N) is 3. The van der Waals surface area contributed by atoms with Crippen LogP contribution in [0.15, 0.2) is 67.8 Å². The first kappa shape index (κ1) is 32.6. The lowest BCUT2D eigenvalue weighted by Crippen LogP contribution is -2.56. The molecule has 1 spiro atoms. The van der Waals surface area contributed by atoms with Crippen LogP contribution in [-0.2, 0) is 14.4 Å². The Hall–Kier alpha value is -2.79. The Morgan fingerprint density at radius 2 is 1.84 bits per heavy atom. The average molecular weight is 703 g/mol. The van der Waals surface area contributed by atoms with Crippen molar-refractivity contribution in [3.05, 3.63) is 78.4 Å². The van der Waals surface area contributed by atoms with Crippen LogP contribution >= 0.6 is 39.3 Å². The van der Waals surface area contributed by atoms with Gasteiger partial charge in [-0.25, -0.2) is 0 Å². The molecule has 0 radical (unpaired) electrons. The van der Waals surface area contributed by atoms with Gasteiger partial charge in [-0.3, -0.25) is 14.4 Å². The Bertz CT molecular complexity index is 1440. The van der Waals surface area contributed by atoms with Crippen LogP contribution in [0.2, 0.25) is 5.02 Å². The number of β-amino-alcohol motifs (C(OH)–C–C–N with tert-alkyl or cyclic N) is 1. The summed E-state index contributed by atoms with van der Waals surface area (Å²) < 4.78 is 4.70. The van der Waals surface area contributed by atoms with Gasteiger partial charge in [0.15, 0.2) is 0 Å². The van der Waals surface area contributed by atoms with E-state index in [1.807, 2.05) is 50.2 Å². The standard InChI is InChI=1S/C33H37BrClN3O5S/c1-5-15-36(21-11-13-22(14-12-21)43-7-3)30(40)25-26-31(41)38(17-18-39)29(33(26)19-23(34)28(25)44-33)32(42)37(16-6-2)27-20(4)9-8-10-24(27)35/h5-6,8-14,23,25-26,28-29,39H,1-2,7,15-19H2,3-4H3/t23?,25-,26+,28-,29?,33?/m1/s1. The summed E-state index contributed by atoms with van der Waals surface area (Å²) >= 11 is 12.0. The molecule has 0 aliphatic carbocycles. The molecule has 6 atom stereocenters. The third kappa shape index (κ3) is 5.37. The molecule has 3 amide bonds. The molecule has 0 saturated carbocycles. The molecule has 2 bridgehead atoms. The highest BCUT2D eigenvalue weighted by molar-refractivity contribution is 9.09. The molecule has 3 fully saturated rings. The molecule has 2 aromatic rings. The number of rotatable bonds is 12. The minimum atomic E-state index is -0.908. The fraction of sp³-hybridized carbons (Fsp3) is 0.424. The molecule has 11 heteroatoms. The highest BCUT2D eigenvalue weighted by Crippen LogP contribution is 2.68. The smallest absolute Gasteiger partial charge is 0.251 e. The second-order valence-corrected chi connectivity index (χ2v) is 14.3. The first-order valence-electron chi connectivity index (χ1n) is 14.7. The van der Waals surface area contributed by atoms with Gasteiger partial charge in [-0.15, -0.1) is 24.9 Å². The van der Waals surface area contributed by atoms with E-state index >= 15 is 0 Å². The van der Waals surface area contributed by atoms with Crippen molar-refractivity contribution >= 4 is 68.4 Å². The molecular formula is C33H37BrClN3O5S. The molecule has 1 N–H and O–H groups in total. The van der Waals surface area contributed by atoms with Gasteiger partial charge >= 0.3 is 0 Å². The number of hydrogen-bond acceptors (Lipinski definition) is 6. The van der Waals surface area contributed by atoms with Gasteiger partial charge in [-0.2, -0.15) is 0 Å². The van der Waals surface area contributed by atoms with E-state index in [4.69, 9.17) is 16.3 Å². The summed E-state index contributed by atoms with van der Waals surface area (Å²) in [5.74, 6) is -1.52. The maximum Gasteiger partial charge on any atom is 0.251 e. The van der Waals surface area contributed by atoms with Crippen LogP contribution in [0.4, 0.5) is 11.4 Å². The molecule has 3 unspecified atom stereocenters. The van der Waals surface area contributed by atoms with Crippen LogP contribution < -0.4 is 14.5 Å². The van der Waals surface area contributed by atoms with Gasteiger partial charge in [0, 0.05) is 35.4 Å². The Labute approximate surface area is 276 Å². The van der Waals surface area contributed by atoms with Crippen molar-refractivity contribution in [3.63, 3.8) is 0 Å². The number of thioether (sulfide) groups is 1. The van der Waals surface area contributed by atoms with Crippen LogP contribution in [0.1, 0.15) is 18.9 Å². The topological polar surface area (TPSA) is 90.4 Å². The Morgan fingerprint density at radius 1 is 1.16 bits per heavy atom. The molecule has 3 saturated heterocycles. The van der Waals surface area contributed by atoms with Crippen LogP contribution in [0.3, 0.4) is 0 Å². The maximum absolute atomic E-state index is 14.7. The lowest BCUT2D eigenvalue weighted by atomic mass is 9.70. The molecule has 3 aliphatic heterocycles. The van der Waals surface area contributed by atoms with Gasteiger partial charge in [-0.1, -0.05) is 51.8 Å². The van der Waals surface area contributed by atoms with E-state index in [1.54, 1.807) is 39.8 Å². The number of benzene rings is 2.